The van der Waals surface area contributed by atoms with Crippen LogP contribution in [0.5, 0.6) is 0 Å². The number of thiazole rings is 1. The molecule has 1 saturated heterocycles. The summed E-state index contributed by atoms with van der Waals surface area (Å²) in [5.74, 6) is 0.932. The quantitative estimate of drug-likeness (QED) is 0.540. The molecule has 0 bridgehead atoms. The lowest BCUT2D eigenvalue weighted by Crippen LogP contribution is -2.29. The van der Waals surface area contributed by atoms with E-state index in [0.29, 0.717) is 18.8 Å². The molecule has 0 aliphatic carbocycles. The fourth-order valence-corrected chi connectivity index (χ4v) is 5.46. The summed E-state index contributed by atoms with van der Waals surface area (Å²) in [6.45, 7) is 7.35. The highest BCUT2D eigenvalue weighted by Gasteiger charge is 2.32. The van der Waals surface area contributed by atoms with Crippen LogP contribution in [0.15, 0.2) is 23.6 Å². The minimum absolute atomic E-state index is 0.0221. The number of benzene rings is 1. The fraction of sp³-hybridized carbons (Fsp3) is 0.333. The molecule has 144 valence electrons. The Kier molecular flexibility index (Phi) is 3.84. The third-order valence-electron chi connectivity index (χ3n) is 5.82. The molecule has 1 fully saturated rings. The molecular formula is C21H21FN4OS. The van der Waals surface area contributed by atoms with Gasteiger partial charge in [-0.3, -0.25) is 9.20 Å². The van der Waals surface area contributed by atoms with E-state index < -0.39 is 0 Å². The van der Waals surface area contributed by atoms with Crippen molar-refractivity contribution in [1.82, 2.24) is 19.3 Å². The Hall–Kier alpha value is -2.67. The molecule has 3 aromatic heterocycles. The van der Waals surface area contributed by atoms with Gasteiger partial charge in [0, 0.05) is 41.0 Å². The van der Waals surface area contributed by atoms with Crippen molar-refractivity contribution in [3.8, 4) is 0 Å². The zero-order valence-electron chi connectivity index (χ0n) is 16.0. The van der Waals surface area contributed by atoms with Gasteiger partial charge in [0.2, 0.25) is 0 Å². The highest BCUT2D eigenvalue weighted by molar-refractivity contribution is 7.15. The third-order valence-corrected chi connectivity index (χ3v) is 6.89. The molecule has 7 heteroatoms. The van der Waals surface area contributed by atoms with E-state index in [0.717, 1.165) is 34.4 Å². The molecule has 0 unspecified atom stereocenters. The average Bonchev–Trinajstić information content (AvgIpc) is 3.42. The first kappa shape index (κ1) is 17.4. The minimum atomic E-state index is -0.291. The molecule has 1 atom stereocenters. The van der Waals surface area contributed by atoms with Gasteiger partial charge in [0.25, 0.3) is 5.91 Å². The van der Waals surface area contributed by atoms with Crippen LogP contribution in [0.3, 0.4) is 0 Å². The molecule has 5 nitrogen and oxygen atoms in total. The van der Waals surface area contributed by atoms with Crippen LogP contribution in [0, 0.1) is 26.6 Å². The first-order chi connectivity index (χ1) is 13.4. The largest absolute Gasteiger partial charge is 0.350 e. The van der Waals surface area contributed by atoms with Crippen LogP contribution in [-0.4, -0.2) is 38.3 Å². The normalized spacial score (nSPS) is 17.3. The number of hydrogen-bond acceptors (Lipinski definition) is 3. The lowest BCUT2D eigenvalue weighted by Gasteiger charge is -2.16. The van der Waals surface area contributed by atoms with Gasteiger partial charge in [-0.25, -0.2) is 9.37 Å². The first-order valence-electron chi connectivity index (χ1n) is 9.44. The summed E-state index contributed by atoms with van der Waals surface area (Å²) < 4.78 is 15.8. The molecule has 1 aromatic carbocycles. The number of imidazole rings is 1. The molecular weight excluding hydrogens is 375 g/mol. The monoisotopic (exact) mass is 396 g/mol. The number of H-pyrrole nitrogens is 1. The highest BCUT2D eigenvalue weighted by atomic mass is 32.1. The van der Waals surface area contributed by atoms with E-state index in [4.69, 9.17) is 4.98 Å². The lowest BCUT2D eigenvalue weighted by atomic mass is 10.1. The van der Waals surface area contributed by atoms with Crippen molar-refractivity contribution in [2.24, 2.45) is 0 Å². The van der Waals surface area contributed by atoms with Crippen LogP contribution in [0.4, 0.5) is 4.39 Å². The first-order valence-corrected chi connectivity index (χ1v) is 10.3. The van der Waals surface area contributed by atoms with Gasteiger partial charge in [-0.2, -0.15) is 0 Å². The number of halogens is 1. The second-order valence-electron chi connectivity index (χ2n) is 7.61. The fourth-order valence-electron chi connectivity index (χ4n) is 4.36. The number of fused-ring (bicyclic) bond motifs is 2. The van der Waals surface area contributed by atoms with Gasteiger partial charge in [-0.05, 0) is 51.0 Å². The number of aromatic nitrogens is 3. The van der Waals surface area contributed by atoms with Gasteiger partial charge < -0.3 is 9.88 Å². The van der Waals surface area contributed by atoms with E-state index in [1.807, 2.05) is 18.7 Å². The third kappa shape index (κ3) is 2.49. The van der Waals surface area contributed by atoms with E-state index >= 15 is 0 Å². The van der Waals surface area contributed by atoms with E-state index in [1.54, 1.807) is 17.4 Å². The summed E-state index contributed by atoms with van der Waals surface area (Å²) in [4.78, 5) is 24.2. The van der Waals surface area contributed by atoms with Gasteiger partial charge in [0.05, 0.1) is 5.69 Å². The predicted octanol–water partition coefficient (Wildman–Crippen LogP) is 4.57. The van der Waals surface area contributed by atoms with Crippen LogP contribution in [-0.2, 0) is 0 Å². The average molecular weight is 396 g/mol. The zero-order valence-corrected chi connectivity index (χ0v) is 16.9. The van der Waals surface area contributed by atoms with Crippen molar-refractivity contribution >= 4 is 33.0 Å². The van der Waals surface area contributed by atoms with Gasteiger partial charge in [0.15, 0.2) is 0 Å². The van der Waals surface area contributed by atoms with Gasteiger partial charge in [0.1, 0.15) is 22.2 Å². The van der Waals surface area contributed by atoms with E-state index in [9.17, 15) is 9.18 Å². The minimum Gasteiger partial charge on any atom is -0.350 e. The summed E-state index contributed by atoms with van der Waals surface area (Å²) in [5.41, 5.74) is 4.44. The highest BCUT2D eigenvalue weighted by Crippen LogP contribution is 2.34. The van der Waals surface area contributed by atoms with E-state index in [2.05, 4.69) is 21.7 Å². The van der Waals surface area contributed by atoms with Gasteiger partial charge in [-0.15, -0.1) is 11.3 Å². The van der Waals surface area contributed by atoms with Crippen molar-refractivity contribution in [2.45, 2.75) is 33.1 Å². The van der Waals surface area contributed by atoms with Gasteiger partial charge >= 0.3 is 0 Å². The number of nitrogens with one attached hydrogen (secondary N) is 1. The molecule has 4 heterocycles. The van der Waals surface area contributed by atoms with Crippen molar-refractivity contribution < 1.29 is 9.18 Å². The second kappa shape index (κ2) is 6.17. The van der Waals surface area contributed by atoms with Crippen molar-refractivity contribution in [1.29, 1.82) is 0 Å². The Labute approximate surface area is 165 Å². The summed E-state index contributed by atoms with van der Waals surface area (Å²) in [6, 6.07) is 4.58. The number of aromatic amines is 1. The lowest BCUT2D eigenvalue weighted by molar-refractivity contribution is 0.0785. The summed E-state index contributed by atoms with van der Waals surface area (Å²) in [6.07, 6.45) is 0.905. The Balaban J connectivity index is 1.44. The van der Waals surface area contributed by atoms with Crippen LogP contribution in [0.1, 0.15) is 45.6 Å². The SMILES string of the molecule is Cc1c(C(=O)N2CC[C@H](c3nc(C)n4c(C)csc34)C2)[nH]c2ccc(F)cc12. The number of hydrogen-bond donors (Lipinski definition) is 1. The maximum atomic E-state index is 13.6. The summed E-state index contributed by atoms with van der Waals surface area (Å²) in [7, 11) is 0. The molecule has 1 N–H and O–H groups in total. The number of rotatable bonds is 2. The molecule has 4 aromatic rings. The molecule has 1 aliphatic heterocycles. The zero-order chi connectivity index (χ0) is 19.6. The molecule has 1 amide bonds. The van der Waals surface area contributed by atoms with E-state index in [1.165, 1.54) is 22.7 Å². The number of amides is 1. The molecule has 28 heavy (non-hydrogen) atoms. The molecule has 0 radical (unpaired) electrons. The standard InChI is InChI=1S/C21H21FN4OS/c1-11-10-28-21-19(23-13(3)26(11)21)14-6-7-25(9-14)20(27)18-12(2)16-8-15(22)4-5-17(16)24-18/h4-5,8,10,14,24H,6-7,9H2,1-3H3/t14-/m0/s1. The molecule has 0 spiro atoms. The Morgan fingerprint density at radius 2 is 2.14 bits per heavy atom. The Morgan fingerprint density at radius 1 is 1.32 bits per heavy atom. The predicted molar refractivity (Wildman–Crippen MR) is 109 cm³/mol. The molecule has 5 rings (SSSR count). The number of carbonyl (C=O) groups excluding carboxylic acids is 1. The van der Waals surface area contributed by atoms with Crippen LogP contribution >= 0.6 is 11.3 Å². The smallest absolute Gasteiger partial charge is 0.270 e. The number of nitrogens with zero attached hydrogens (tertiary/aromatic N) is 3. The van der Waals surface area contributed by atoms with E-state index in [-0.39, 0.29) is 17.6 Å². The van der Waals surface area contributed by atoms with Crippen molar-refractivity contribution in [2.75, 3.05) is 13.1 Å². The molecule has 1 aliphatic rings. The summed E-state index contributed by atoms with van der Waals surface area (Å²) in [5, 5.41) is 2.91. The Bertz CT molecular complexity index is 1230. The molecule has 0 saturated carbocycles. The topological polar surface area (TPSA) is 53.4 Å². The number of aryl methyl sites for hydroxylation is 3. The van der Waals surface area contributed by atoms with Crippen LogP contribution < -0.4 is 0 Å². The summed E-state index contributed by atoms with van der Waals surface area (Å²) >= 11 is 1.72. The van der Waals surface area contributed by atoms with Crippen molar-refractivity contribution in [3.05, 3.63) is 57.9 Å². The van der Waals surface area contributed by atoms with Crippen molar-refractivity contribution in [3.63, 3.8) is 0 Å². The maximum Gasteiger partial charge on any atom is 0.270 e. The number of carbonyl (C=O) groups is 1. The number of likely N-dealkylation sites (tertiary alicyclic amines) is 1. The Morgan fingerprint density at radius 3 is 2.96 bits per heavy atom. The van der Waals surface area contributed by atoms with Gasteiger partial charge in [-0.1, -0.05) is 0 Å². The second-order valence-corrected chi connectivity index (χ2v) is 8.47. The maximum absolute atomic E-state index is 13.6. The van der Waals surface area contributed by atoms with Crippen LogP contribution in [0.2, 0.25) is 0 Å². The van der Waals surface area contributed by atoms with Crippen LogP contribution in [0.25, 0.3) is 15.7 Å².